The Kier molecular flexibility index (Phi) is 9.32. The normalized spacial score (nSPS) is 11.7. The summed E-state index contributed by atoms with van der Waals surface area (Å²) >= 11 is 0. The van der Waals surface area contributed by atoms with E-state index in [-0.39, 0.29) is 0 Å². The molecule has 0 aliphatic carbocycles. The van der Waals surface area contributed by atoms with E-state index in [1.165, 1.54) is 11.1 Å². The van der Waals surface area contributed by atoms with E-state index in [1.807, 2.05) is 24.3 Å². The molecule has 2 aromatic carbocycles. The molecule has 8 heteroatoms. The topological polar surface area (TPSA) is 74.8 Å². The molecule has 7 nitrogen and oxygen atoms in total. The summed E-state index contributed by atoms with van der Waals surface area (Å²) in [6.45, 7) is 12.3. The minimum absolute atomic E-state index is 0.434. The highest BCUT2D eigenvalue weighted by Gasteiger charge is 2.18. The van der Waals surface area contributed by atoms with Gasteiger partial charge in [0.15, 0.2) is 0 Å². The standard InChI is InChI=1S/C31H42N4O3Si/c1-23-17-30-29(18-26(19-32)35(30)22-38-15-16-39(4,5)6)33-31(23)34(20-24-7-11-27(36-2)12-8-24)21-25-9-13-28(37-3)14-10-25/h7-14,17-18H,15-16,19-22,32H2,1-6H3. The molecule has 2 aromatic heterocycles. The van der Waals surface area contributed by atoms with Crippen molar-refractivity contribution in [1.82, 2.24) is 9.55 Å². The Morgan fingerprint density at radius 2 is 1.44 bits per heavy atom. The highest BCUT2D eigenvalue weighted by molar-refractivity contribution is 6.76. The molecule has 0 radical (unpaired) electrons. The maximum absolute atomic E-state index is 6.15. The van der Waals surface area contributed by atoms with Crippen LogP contribution in [0.5, 0.6) is 11.5 Å². The van der Waals surface area contributed by atoms with E-state index < -0.39 is 8.07 Å². The third-order valence-corrected chi connectivity index (χ3v) is 8.63. The quantitative estimate of drug-likeness (QED) is 0.156. The van der Waals surface area contributed by atoms with Crippen LogP contribution >= 0.6 is 0 Å². The predicted octanol–water partition coefficient (Wildman–Crippen LogP) is 6.34. The zero-order chi connectivity index (χ0) is 28.0. The number of aromatic nitrogens is 2. The van der Waals surface area contributed by atoms with Crippen LogP contribution in [-0.4, -0.2) is 38.5 Å². The van der Waals surface area contributed by atoms with Gasteiger partial charge in [0.2, 0.25) is 0 Å². The van der Waals surface area contributed by atoms with Crippen molar-refractivity contribution >= 4 is 24.9 Å². The smallest absolute Gasteiger partial charge is 0.132 e. The van der Waals surface area contributed by atoms with Crippen molar-refractivity contribution in [3.8, 4) is 11.5 Å². The first-order valence-electron chi connectivity index (χ1n) is 13.5. The van der Waals surface area contributed by atoms with Gasteiger partial charge >= 0.3 is 0 Å². The molecule has 2 N–H and O–H groups in total. The number of anilines is 1. The van der Waals surface area contributed by atoms with Crippen molar-refractivity contribution in [2.45, 2.75) is 59.0 Å². The fourth-order valence-corrected chi connectivity index (χ4v) is 5.36. The summed E-state index contributed by atoms with van der Waals surface area (Å²) in [5.74, 6) is 2.65. The molecule has 0 atom stereocenters. The number of methoxy groups -OCH3 is 2. The first-order chi connectivity index (χ1) is 18.7. The van der Waals surface area contributed by atoms with Gasteiger partial charge < -0.3 is 29.4 Å². The Morgan fingerprint density at radius 3 is 1.92 bits per heavy atom. The predicted molar refractivity (Wildman–Crippen MR) is 162 cm³/mol. The van der Waals surface area contributed by atoms with Crippen molar-refractivity contribution in [2.24, 2.45) is 5.73 Å². The van der Waals surface area contributed by atoms with Crippen molar-refractivity contribution in [2.75, 3.05) is 25.7 Å². The van der Waals surface area contributed by atoms with Gasteiger partial charge in [-0.25, -0.2) is 4.98 Å². The van der Waals surface area contributed by atoms with Crippen molar-refractivity contribution in [1.29, 1.82) is 0 Å². The Hall–Kier alpha value is -3.33. The Morgan fingerprint density at radius 1 is 0.872 bits per heavy atom. The van der Waals surface area contributed by atoms with E-state index in [0.29, 0.717) is 26.4 Å². The van der Waals surface area contributed by atoms with Crippen molar-refractivity contribution in [3.05, 3.63) is 83.0 Å². The SMILES string of the molecule is COc1ccc(CN(Cc2ccc(OC)cc2)c2nc3cc(CN)n(COCC[Si](C)(C)C)c3cc2C)cc1. The molecule has 0 amide bonds. The molecule has 4 rings (SSSR count). The number of ether oxygens (including phenoxy) is 3. The summed E-state index contributed by atoms with van der Waals surface area (Å²) in [6.07, 6.45) is 0. The first-order valence-corrected chi connectivity index (χ1v) is 17.2. The molecule has 4 aromatic rings. The largest absolute Gasteiger partial charge is 0.497 e. The van der Waals surface area contributed by atoms with Crippen molar-refractivity contribution in [3.63, 3.8) is 0 Å². The molecule has 2 heterocycles. The highest BCUT2D eigenvalue weighted by atomic mass is 28.3. The highest BCUT2D eigenvalue weighted by Crippen LogP contribution is 2.29. The van der Waals surface area contributed by atoms with E-state index in [9.17, 15) is 0 Å². The number of pyridine rings is 1. The van der Waals surface area contributed by atoms with Gasteiger partial charge in [0.1, 0.15) is 24.0 Å². The molecular weight excluding hydrogens is 504 g/mol. The van der Waals surface area contributed by atoms with Crippen molar-refractivity contribution < 1.29 is 14.2 Å². The van der Waals surface area contributed by atoms with Gasteiger partial charge in [0.25, 0.3) is 0 Å². The lowest BCUT2D eigenvalue weighted by Gasteiger charge is -2.26. The van der Waals surface area contributed by atoms with E-state index in [2.05, 4.69) is 72.4 Å². The lowest BCUT2D eigenvalue weighted by atomic mass is 10.1. The zero-order valence-electron chi connectivity index (χ0n) is 24.2. The molecule has 0 spiro atoms. The van der Waals surface area contributed by atoms with Crippen LogP contribution < -0.4 is 20.1 Å². The maximum atomic E-state index is 6.15. The van der Waals surface area contributed by atoms with E-state index >= 15 is 0 Å². The van der Waals surface area contributed by atoms with Gasteiger partial charge in [-0.05, 0) is 66.1 Å². The molecular formula is C31H42N4O3Si. The van der Waals surface area contributed by atoms with Crippen LogP contribution in [0.3, 0.4) is 0 Å². The zero-order valence-corrected chi connectivity index (χ0v) is 25.2. The van der Waals surface area contributed by atoms with Gasteiger partial charge in [0.05, 0.1) is 25.3 Å². The van der Waals surface area contributed by atoms with Crippen LogP contribution in [-0.2, 0) is 31.1 Å². The third-order valence-electron chi connectivity index (χ3n) is 6.93. The monoisotopic (exact) mass is 546 g/mol. The summed E-state index contributed by atoms with van der Waals surface area (Å²) in [6, 6.07) is 21.9. The number of hydrogen-bond donors (Lipinski definition) is 1. The van der Waals surface area contributed by atoms with Gasteiger partial charge in [-0.3, -0.25) is 0 Å². The van der Waals surface area contributed by atoms with Crippen LogP contribution in [0.25, 0.3) is 11.0 Å². The second kappa shape index (κ2) is 12.7. The van der Waals surface area contributed by atoms with Crippen LogP contribution in [0, 0.1) is 6.92 Å². The second-order valence-corrected chi connectivity index (χ2v) is 16.8. The molecule has 0 aliphatic rings. The summed E-state index contributed by atoms with van der Waals surface area (Å²) in [4.78, 5) is 7.50. The fraction of sp³-hybridized carbons (Fsp3) is 0.387. The maximum Gasteiger partial charge on any atom is 0.132 e. The number of nitrogens with two attached hydrogens (primary N) is 1. The average molecular weight is 547 g/mol. The Labute approximate surface area is 233 Å². The minimum Gasteiger partial charge on any atom is -0.497 e. The molecule has 39 heavy (non-hydrogen) atoms. The third kappa shape index (κ3) is 7.41. The number of aryl methyl sites for hydroxylation is 1. The molecule has 0 saturated carbocycles. The molecule has 0 fully saturated rings. The number of rotatable bonds is 13. The van der Waals surface area contributed by atoms with Gasteiger partial charge in [-0.1, -0.05) is 43.9 Å². The van der Waals surface area contributed by atoms with E-state index in [0.717, 1.165) is 52.3 Å². The molecule has 0 bridgehead atoms. The lowest BCUT2D eigenvalue weighted by Crippen LogP contribution is -2.24. The molecule has 0 aliphatic heterocycles. The van der Waals surface area contributed by atoms with Crippen LogP contribution in [0.2, 0.25) is 25.7 Å². The molecule has 208 valence electrons. The first kappa shape index (κ1) is 28.7. The lowest BCUT2D eigenvalue weighted by molar-refractivity contribution is 0.0885. The Balaban J connectivity index is 1.66. The number of hydrogen-bond acceptors (Lipinski definition) is 6. The van der Waals surface area contributed by atoms with Crippen LogP contribution in [0.4, 0.5) is 5.82 Å². The van der Waals surface area contributed by atoms with Crippen LogP contribution in [0.1, 0.15) is 22.4 Å². The number of fused-ring (bicyclic) bond motifs is 1. The summed E-state index contributed by atoms with van der Waals surface area (Å²) in [5, 5.41) is 0. The van der Waals surface area contributed by atoms with Crippen LogP contribution in [0.15, 0.2) is 60.7 Å². The Bertz CT molecular complexity index is 1310. The number of nitrogens with zero attached hydrogens (tertiary/aromatic N) is 3. The summed E-state index contributed by atoms with van der Waals surface area (Å²) in [7, 11) is 2.22. The average Bonchev–Trinajstić information content (AvgIpc) is 3.26. The van der Waals surface area contributed by atoms with E-state index in [4.69, 9.17) is 24.9 Å². The fourth-order valence-electron chi connectivity index (χ4n) is 4.60. The van der Waals surface area contributed by atoms with E-state index in [1.54, 1.807) is 14.2 Å². The van der Waals surface area contributed by atoms with Gasteiger partial charge in [0, 0.05) is 40.0 Å². The molecule has 0 unspecified atom stereocenters. The molecule has 0 saturated heterocycles. The summed E-state index contributed by atoms with van der Waals surface area (Å²) < 4.78 is 19.0. The van der Waals surface area contributed by atoms with Gasteiger partial charge in [-0.2, -0.15) is 0 Å². The second-order valence-electron chi connectivity index (χ2n) is 11.2. The number of benzene rings is 2. The summed E-state index contributed by atoms with van der Waals surface area (Å²) in [5.41, 5.74) is 12.6. The minimum atomic E-state index is -1.15. The van der Waals surface area contributed by atoms with Gasteiger partial charge in [-0.15, -0.1) is 0 Å².